The second-order valence-corrected chi connectivity index (χ2v) is 21.8. The highest BCUT2D eigenvalue weighted by Crippen LogP contribution is 2.44. The van der Waals surface area contributed by atoms with Crippen molar-refractivity contribution in [3.63, 3.8) is 0 Å². The number of benzene rings is 4. The van der Waals surface area contributed by atoms with Gasteiger partial charge in [-0.3, -0.25) is 9.69 Å². The van der Waals surface area contributed by atoms with E-state index < -0.39 is 46.8 Å². The molecule has 64 heavy (non-hydrogen) atoms. The fourth-order valence-electron chi connectivity index (χ4n) is 8.20. The Morgan fingerprint density at radius 2 is 1.56 bits per heavy atom. The van der Waals surface area contributed by atoms with Crippen LogP contribution in [0.5, 0.6) is 17.2 Å². The largest absolute Gasteiger partial charge is 0.508 e. The summed E-state index contributed by atoms with van der Waals surface area (Å²) in [6.45, 7) is 10.9. The van der Waals surface area contributed by atoms with E-state index in [9.17, 15) is 39.9 Å². The van der Waals surface area contributed by atoms with Gasteiger partial charge in [0.25, 0.3) is 25.8 Å². The van der Waals surface area contributed by atoms with E-state index >= 15 is 0 Å². The van der Waals surface area contributed by atoms with Crippen LogP contribution in [0, 0.1) is 11.3 Å². The van der Waals surface area contributed by atoms with Crippen LogP contribution < -0.4 is 19.8 Å². The van der Waals surface area contributed by atoms with Crippen molar-refractivity contribution < 1.29 is 44.6 Å². The Kier molecular flexibility index (Phi) is 13.9. The monoisotopic (exact) mass is 963 g/mol. The second-order valence-electron chi connectivity index (χ2n) is 17.4. The van der Waals surface area contributed by atoms with Gasteiger partial charge in [0.2, 0.25) is 0 Å². The third kappa shape index (κ3) is 10.9. The molecule has 0 aromatic heterocycles. The zero-order valence-corrected chi connectivity index (χ0v) is 38.7. The summed E-state index contributed by atoms with van der Waals surface area (Å²) in [6, 6.07) is 18.7. The normalized spacial score (nSPS) is 18.2. The van der Waals surface area contributed by atoms with Crippen molar-refractivity contribution in [3.8, 4) is 17.2 Å². The van der Waals surface area contributed by atoms with Gasteiger partial charge < -0.3 is 20.2 Å². The summed E-state index contributed by atoms with van der Waals surface area (Å²) in [5, 5.41) is 12.2. The first-order chi connectivity index (χ1) is 30.1. The lowest BCUT2D eigenvalue weighted by Crippen LogP contribution is -2.47. The average Bonchev–Trinajstić information content (AvgIpc) is 3.23. The van der Waals surface area contributed by atoms with E-state index in [4.69, 9.17) is 27.9 Å². The van der Waals surface area contributed by atoms with Gasteiger partial charge in [-0.15, -0.1) is 0 Å². The van der Waals surface area contributed by atoms with Crippen LogP contribution in [0.1, 0.15) is 68.8 Å². The SMILES string of the molecule is CC1CCN(Nc2ccc(S(=O)(=O)NC(=O)c3ccc(N4CCN(CC5=C(c6ccc(Cl)cc6)CC(C)(C)CC5)CC4)cc3Oc3ccc(O)cc3Cl)cc2S(=O)(=O)C(F)(F)F)CC1. The van der Waals surface area contributed by atoms with E-state index in [0.29, 0.717) is 61.7 Å². The van der Waals surface area contributed by atoms with E-state index in [1.165, 1.54) is 41.0 Å². The third-order valence-corrected chi connectivity index (χ3v) is 15.4. The minimum Gasteiger partial charge on any atom is -0.508 e. The van der Waals surface area contributed by atoms with Crippen molar-refractivity contribution in [2.75, 3.05) is 56.1 Å². The Morgan fingerprint density at radius 3 is 2.22 bits per heavy atom. The summed E-state index contributed by atoms with van der Waals surface area (Å²) in [4.78, 5) is 16.2. The van der Waals surface area contributed by atoms with Gasteiger partial charge in [0.05, 0.1) is 21.2 Å². The van der Waals surface area contributed by atoms with E-state index in [0.717, 1.165) is 51.0 Å². The molecule has 0 radical (unpaired) electrons. The van der Waals surface area contributed by atoms with Crippen LogP contribution in [0.25, 0.3) is 5.57 Å². The lowest BCUT2D eigenvalue weighted by atomic mass is 9.72. The Morgan fingerprint density at radius 1 is 0.875 bits per heavy atom. The number of alkyl halides is 3. The Bertz CT molecular complexity index is 2650. The van der Waals surface area contributed by atoms with Crippen molar-refractivity contribution in [1.29, 1.82) is 0 Å². The molecule has 1 aliphatic carbocycles. The predicted octanol–water partition coefficient (Wildman–Crippen LogP) is 9.75. The lowest BCUT2D eigenvalue weighted by molar-refractivity contribution is -0.0436. The zero-order valence-electron chi connectivity index (χ0n) is 35.5. The number of carbonyl (C=O) groups is 1. The summed E-state index contributed by atoms with van der Waals surface area (Å²) >= 11 is 12.6. The first-order valence-electron chi connectivity index (χ1n) is 20.9. The van der Waals surface area contributed by atoms with E-state index in [-0.39, 0.29) is 33.2 Å². The molecule has 2 saturated heterocycles. The van der Waals surface area contributed by atoms with Gasteiger partial charge in [0, 0.05) is 68.7 Å². The van der Waals surface area contributed by atoms with E-state index in [1.54, 1.807) is 17.1 Å². The number of anilines is 2. The summed E-state index contributed by atoms with van der Waals surface area (Å²) < 4.78 is 103. The molecule has 2 heterocycles. The first-order valence-corrected chi connectivity index (χ1v) is 24.6. The Hall–Kier alpha value is -4.52. The number of nitrogens with one attached hydrogen (secondary N) is 2. The molecule has 0 saturated carbocycles. The molecular formula is C45H50Cl2F3N5O7S2. The van der Waals surface area contributed by atoms with Crippen LogP contribution in [0.3, 0.4) is 0 Å². The number of amides is 1. The standard InChI is InChI=1S/C45H50Cl2F3N5O7S2/c1-29-15-18-55(19-16-29)51-39-12-10-35(26-42(39)63(58,59)45(48,49)50)64(60,61)52-43(57)36-11-8-33(24-41(36)62-40-13-9-34(56)25-38(40)47)54-22-20-53(21-23-54)28-31-14-17-44(2,3)27-37(31)30-4-6-32(46)7-5-30/h4-13,24-26,29,51,56H,14-23,27-28H2,1-3H3,(H,52,57). The summed E-state index contributed by atoms with van der Waals surface area (Å²) in [5.74, 6) is -1.08. The first kappa shape index (κ1) is 47.4. The number of allylic oxidation sites excluding steroid dienone is 1. The van der Waals surface area contributed by atoms with Gasteiger partial charge in [-0.2, -0.15) is 13.2 Å². The highest BCUT2D eigenvalue weighted by Gasteiger charge is 2.48. The molecule has 4 aromatic rings. The van der Waals surface area contributed by atoms with Crippen LogP contribution in [0.2, 0.25) is 10.0 Å². The summed E-state index contributed by atoms with van der Waals surface area (Å²) in [7, 11) is -11.0. The van der Waals surface area contributed by atoms with Crippen LogP contribution in [-0.4, -0.2) is 89.1 Å². The number of aromatic hydroxyl groups is 1. The quantitative estimate of drug-likeness (QED) is 0.125. The lowest BCUT2D eigenvalue weighted by Gasteiger charge is -2.39. The van der Waals surface area contributed by atoms with E-state index in [1.807, 2.05) is 23.8 Å². The molecule has 2 fully saturated rings. The number of carbonyl (C=O) groups excluding carboxylic acids is 1. The highest BCUT2D eigenvalue weighted by atomic mass is 35.5. The fraction of sp³-hybridized carbons (Fsp3) is 0.400. The van der Waals surface area contributed by atoms with Gasteiger partial charge in [-0.25, -0.2) is 26.6 Å². The molecule has 344 valence electrons. The molecule has 2 aliphatic heterocycles. The number of hydrogen-bond donors (Lipinski definition) is 3. The number of halogens is 5. The number of phenolic OH excluding ortho intramolecular Hbond substituents is 1. The van der Waals surface area contributed by atoms with Crippen LogP contribution in [-0.2, 0) is 19.9 Å². The maximum Gasteiger partial charge on any atom is 0.501 e. The third-order valence-electron chi connectivity index (χ3n) is 12.0. The maximum atomic E-state index is 14.0. The number of piperidine rings is 1. The second kappa shape index (κ2) is 18.8. The molecule has 0 unspecified atom stereocenters. The van der Waals surface area contributed by atoms with Gasteiger partial charge in [0.15, 0.2) is 0 Å². The smallest absolute Gasteiger partial charge is 0.501 e. The molecule has 3 N–H and O–H groups in total. The van der Waals surface area contributed by atoms with Gasteiger partial charge in [-0.05, 0) is 109 Å². The number of hydrazine groups is 1. The summed E-state index contributed by atoms with van der Waals surface area (Å²) in [5.41, 5.74) is 0.967. The Balaban J connectivity index is 1.13. The molecule has 0 atom stereocenters. The molecule has 12 nitrogen and oxygen atoms in total. The van der Waals surface area contributed by atoms with Crippen LogP contribution >= 0.6 is 23.2 Å². The van der Waals surface area contributed by atoms with Crippen molar-refractivity contribution >= 4 is 65.9 Å². The number of hydrogen-bond acceptors (Lipinski definition) is 11. The minimum atomic E-state index is -6.06. The number of sulfonamides is 1. The number of rotatable bonds is 12. The number of nitrogens with zero attached hydrogens (tertiary/aromatic N) is 3. The molecule has 19 heteroatoms. The van der Waals surface area contributed by atoms with Crippen molar-refractivity contribution in [1.82, 2.24) is 14.6 Å². The molecule has 3 aliphatic rings. The van der Waals surface area contributed by atoms with Crippen molar-refractivity contribution in [2.45, 2.75) is 68.2 Å². The number of phenols is 1. The molecule has 4 aromatic carbocycles. The minimum absolute atomic E-state index is 0.0115. The zero-order chi connectivity index (χ0) is 46.2. The van der Waals surface area contributed by atoms with Gasteiger partial charge in [-0.1, -0.05) is 61.7 Å². The van der Waals surface area contributed by atoms with Crippen LogP contribution in [0.4, 0.5) is 24.5 Å². The summed E-state index contributed by atoms with van der Waals surface area (Å²) in [6.07, 6.45) is 4.44. The van der Waals surface area contributed by atoms with E-state index in [2.05, 4.69) is 41.2 Å². The van der Waals surface area contributed by atoms with Gasteiger partial charge in [0.1, 0.15) is 22.1 Å². The highest BCUT2D eigenvalue weighted by molar-refractivity contribution is 7.92. The average molecular weight is 965 g/mol. The van der Waals surface area contributed by atoms with Crippen LogP contribution in [0.15, 0.2) is 94.2 Å². The van der Waals surface area contributed by atoms with Crippen molar-refractivity contribution in [3.05, 3.63) is 106 Å². The predicted molar refractivity (Wildman–Crippen MR) is 242 cm³/mol. The molecule has 1 amide bonds. The van der Waals surface area contributed by atoms with Gasteiger partial charge >= 0.3 is 5.51 Å². The molecule has 0 bridgehead atoms. The number of ether oxygens (including phenoxy) is 1. The topological polar surface area (TPSA) is 149 Å². The molecule has 0 spiro atoms. The van der Waals surface area contributed by atoms with Crippen molar-refractivity contribution in [2.24, 2.45) is 11.3 Å². The molecular weight excluding hydrogens is 915 g/mol. The fourth-order valence-corrected chi connectivity index (χ4v) is 10.5. The molecule has 7 rings (SSSR count). The Labute approximate surface area is 381 Å². The maximum absolute atomic E-state index is 14.0. The number of piperazine rings is 1. The number of sulfone groups is 1.